The van der Waals surface area contributed by atoms with Crippen molar-refractivity contribution in [2.24, 2.45) is 17.3 Å². The van der Waals surface area contributed by atoms with Gasteiger partial charge in [-0.05, 0) is 41.2 Å². The second-order valence-corrected chi connectivity index (χ2v) is 8.04. The Kier molecular flexibility index (Phi) is 5.75. The van der Waals surface area contributed by atoms with E-state index in [-0.39, 0.29) is 6.10 Å². The van der Waals surface area contributed by atoms with Crippen LogP contribution < -0.4 is 5.32 Å². The number of allylic oxidation sites excluding steroid dienone is 1. The van der Waals surface area contributed by atoms with E-state index in [0.717, 1.165) is 18.9 Å². The van der Waals surface area contributed by atoms with E-state index < -0.39 is 0 Å². The predicted octanol–water partition coefficient (Wildman–Crippen LogP) is 2.16. The summed E-state index contributed by atoms with van der Waals surface area (Å²) in [5.41, 5.74) is 3.27. The van der Waals surface area contributed by atoms with Crippen molar-refractivity contribution in [2.45, 2.75) is 39.2 Å². The van der Waals surface area contributed by atoms with Crippen molar-refractivity contribution in [2.75, 3.05) is 26.3 Å². The number of aliphatic hydroxyl groups excluding tert-OH is 1. The van der Waals surface area contributed by atoms with Crippen molar-refractivity contribution in [1.29, 1.82) is 0 Å². The average molecular weight is 330 g/mol. The van der Waals surface area contributed by atoms with Gasteiger partial charge in [0.2, 0.25) is 0 Å². The van der Waals surface area contributed by atoms with Gasteiger partial charge in [0.25, 0.3) is 0 Å². The number of nitrogens with two attached hydrogens (primary N) is 1. The van der Waals surface area contributed by atoms with Crippen molar-refractivity contribution < 1.29 is 15.2 Å². The molecule has 1 fully saturated rings. The molecule has 0 unspecified atom stereocenters. The van der Waals surface area contributed by atoms with E-state index in [2.05, 4.69) is 49.5 Å². The van der Waals surface area contributed by atoms with Crippen LogP contribution in [0.3, 0.4) is 0 Å². The van der Waals surface area contributed by atoms with Crippen LogP contribution in [0.4, 0.5) is 0 Å². The first-order valence-corrected chi connectivity index (χ1v) is 9.37. The smallest absolute Gasteiger partial charge is 0.126 e. The van der Waals surface area contributed by atoms with Gasteiger partial charge in [-0.1, -0.05) is 50.3 Å². The van der Waals surface area contributed by atoms with E-state index in [1.165, 1.54) is 24.0 Å². The monoisotopic (exact) mass is 330 g/mol. The van der Waals surface area contributed by atoms with E-state index >= 15 is 0 Å². The zero-order valence-electron chi connectivity index (χ0n) is 15.1. The molecule has 3 heteroatoms. The third-order valence-electron chi connectivity index (χ3n) is 6.08. The first kappa shape index (κ1) is 17.7. The lowest BCUT2D eigenvalue weighted by atomic mass is 9.49. The highest BCUT2D eigenvalue weighted by Gasteiger charge is 2.50. The number of hydrogen-bond acceptors (Lipinski definition) is 2. The van der Waals surface area contributed by atoms with Crippen LogP contribution in [0, 0.1) is 17.3 Å². The van der Waals surface area contributed by atoms with Gasteiger partial charge >= 0.3 is 0 Å². The maximum atomic E-state index is 10.1. The number of aliphatic hydroxyl groups is 1. The minimum Gasteiger partial charge on any atom is -0.385 e. The zero-order chi connectivity index (χ0) is 17.0. The maximum Gasteiger partial charge on any atom is 0.126 e. The van der Waals surface area contributed by atoms with E-state index in [1.807, 2.05) is 6.07 Å². The van der Waals surface area contributed by atoms with Crippen LogP contribution in [0.25, 0.3) is 0 Å². The Morgan fingerprint density at radius 1 is 1.29 bits per heavy atom. The summed E-state index contributed by atoms with van der Waals surface area (Å²) in [5.74, 6) is 1.57. The maximum absolute atomic E-state index is 10.1. The summed E-state index contributed by atoms with van der Waals surface area (Å²) in [6.45, 7) is 7.62. The lowest BCUT2D eigenvalue weighted by molar-refractivity contribution is -0.660. The molecule has 3 N–H and O–H groups in total. The van der Waals surface area contributed by atoms with Gasteiger partial charge in [-0.2, -0.15) is 0 Å². The Morgan fingerprint density at radius 3 is 2.79 bits per heavy atom. The predicted molar refractivity (Wildman–Crippen MR) is 96.7 cm³/mol. The van der Waals surface area contributed by atoms with Crippen LogP contribution >= 0.6 is 0 Å². The molecular formula is C21H32NO2+. The van der Waals surface area contributed by atoms with E-state index in [1.54, 1.807) is 0 Å². The van der Waals surface area contributed by atoms with Gasteiger partial charge in [-0.25, -0.2) is 0 Å². The van der Waals surface area contributed by atoms with Gasteiger partial charge in [0, 0.05) is 6.42 Å². The highest BCUT2D eigenvalue weighted by Crippen LogP contribution is 2.59. The second kappa shape index (κ2) is 7.81. The molecule has 1 saturated carbocycles. The highest BCUT2D eigenvalue weighted by atomic mass is 16.5. The van der Waals surface area contributed by atoms with Gasteiger partial charge < -0.3 is 15.2 Å². The molecule has 2 bridgehead atoms. The third-order valence-corrected chi connectivity index (χ3v) is 6.08. The molecule has 0 amide bonds. The van der Waals surface area contributed by atoms with Gasteiger partial charge in [0.1, 0.15) is 12.6 Å². The number of quaternary nitrogens is 1. The minimum atomic E-state index is -0.382. The van der Waals surface area contributed by atoms with Gasteiger partial charge in [0.05, 0.1) is 19.8 Å². The van der Waals surface area contributed by atoms with Crippen molar-refractivity contribution >= 4 is 0 Å². The Morgan fingerprint density at radius 2 is 2.08 bits per heavy atom. The molecule has 3 nitrogen and oxygen atoms in total. The fourth-order valence-electron chi connectivity index (χ4n) is 4.25. The van der Waals surface area contributed by atoms with Crippen LogP contribution in [-0.4, -0.2) is 37.5 Å². The van der Waals surface area contributed by atoms with Gasteiger partial charge in [-0.3, -0.25) is 0 Å². The van der Waals surface area contributed by atoms with E-state index in [0.29, 0.717) is 31.1 Å². The number of benzene rings is 1. The topological polar surface area (TPSA) is 46.1 Å². The molecule has 1 aromatic rings. The molecule has 0 heterocycles. The molecule has 0 radical (unpaired) electrons. The SMILES string of the molecule is CC1(C)[C@H]2CC=C(COC[C@H](O)C[NH2+]CCc3ccccc3)[C@@H]1C2. The Labute approximate surface area is 146 Å². The summed E-state index contributed by atoms with van der Waals surface area (Å²) >= 11 is 0. The Balaban J connectivity index is 1.28. The van der Waals surface area contributed by atoms with Crippen molar-refractivity contribution in [3.8, 4) is 0 Å². The third kappa shape index (κ3) is 4.08. The normalized spacial score (nSPS) is 25.7. The molecule has 24 heavy (non-hydrogen) atoms. The summed E-state index contributed by atoms with van der Waals surface area (Å²) in [4.78, 5) is 0. The van der Waals surface area contributed by atoms with Crippen LogP contribution in [-0.2, 0) is 11.2 Å². The minimum absolute atomic E-state index is 0.382. The zero-order valence-corrected chi connectivity index (χ0v) is 15.1. The molecule has 0 aromatic heterocycles. The Hall–Kier alpha value is -1.16. The largest absolute Gasteiger partial charge is 0.385 e. The lowest BCUT2D eigenvalue weighted by Gasteiger charge is -2.56. The summed E-state index contributed by atoms with van der Waals surface area (Å²) < 4.78 is 5.80. The fraction of sp³-hybridized carbons (Fsp3) is 0.619. The van der Waals surface area contributed by atoms with Crippen molar-refractivity contribution in [3.05, 3.63) is 47.5 Å². The van der Waals surface area contributed by atoms with E-state index in [4.69, 9.17) is 4.74 Å². The molecular weight excluding hydrogens is 298 g/mol. The van der Waals surface area contributed by atoms with E-state index in [9.17, 15) is 5.11 Å². The molecule has 3 aliphatic carbocycles. The fourth-order valence-corrected chi connectivity index (χ4v) is 4.25. The van der Waals surface area contributed by atoms with Crippen LogP contribution in [0.5, 0.6) is 0 Å². The number of rotatable bonds is 9. The summed E-state index contributed by atoms with van der Waals surface area (Å²) in [5, 5.41) is 12.3. The first-order valence-electron chi connectivity index (χ1n) is 9.37. The summed E-state index contributed by atoms with van der Waals surface area (Å²) in [7, 11) is 0. The lowest BCUT2D eigenvalue weighted by Crippen LogP contribution is -2.87. The molecule has 3 aliphatic rings. The number of ether oxygens (including phenoxy) is 1. The molecule has 1 aromatic carbocycles. The summed E-state index contributed by atoms with van der Waals surface area (Å²) in [6.07, 6.45) is 5.57. The first-order chi connectivity index (χ1) is 11.6. The number of hydrogen-bond donors (Lipinski definition) is 2. The molecule has 4 rings (SSSR count). The highest BCUT2D eigenvalue weighted by molar-refractivity contribution is 5.23. The van der Waals surface area contributed by atoms with Gasteiger partial charge in [0.15, 0.2) is 0 Å². The second-order valence-electron chi connectivity index (χ2n) is 8.04. The molecule has 132 valence electrons. The average Bonchev–Trinajstić information content (AvgIpc) is 2.59. The standard InChI is InChI=1S/C21H31NO2/c1-21(2)18-9-8-17(20(21)12-18)14-24-15-19(23)13-22-11-10-16-6-4-3-5-7-16/h3-8,18-20,22-23H,9-15H2,1-2H3/p+1/t18-,19+,20-/m0/s1. The van der Waals surface area contributed by atoms with Gasteiger partial charge in [-0.15, -0.1) is 0 Å². The van der Waals surface area contributed by atoms with Crippen molar-refractivity contribution in [3.63, 3.8) is 0 Å². The number of fused-ring (bicyclic) bond motifs is 1. The quantitative estimate of drug-likeness (QED) is 0.538. The van der Waals surface area contributed by atoms with Crippen LogP contribution in [0.2, 0.25) is 0 Å². The van der Waals surface area contributed by atoms with Crippen LogP contribution in [0.15, 0.2) is 42.0 Å². The van der Waals surface area contributed by atoms with Crippen molar-refractivity contribution in [1.82, 2.24) is 0 Å². The molecule has 0 aliphatic heterocycles. The Bertz CT molecular complexity index is 552. The molecule has 0 saturated heterocycles. The molecule has 0 spiro atoms. The molecule has 3 atom stereocenters. The summed E-state index contributed by atoms with van der Waals surface area (Å²) in [6, 6.07) is 10.5. The van der Waals surface area contributed by atoms with Crippen LogP contribution in [0.1, 0.15) is 32.3 Å².